The summed E-state index contributed by atoms with van der Waals surface area (Å²) in [7, 11) is 0. The van der Waals surface area contributed by atoms with E-state index in [0.29, 0.717) is 6.10 Å². The van der Waals surface area contributed by atoms with Crippen molar-refractivity contribution in [2.24, 2.45) is 5.92 Å². The van der Waals surface area contributed by atoms with E-state index in [1.807, 2.05) is 0 Å². The molecule has 0 aromatic heterocycles. The van der Waals surface area contributed by atoms with Gasteiger partial charge in [0.15, 0.2) is 0 Å². The molecule has 2 heterocycles. The summed E-state index contributed by atoms with van der Waals surface area (Å²) < 4.78 is 5.72. The van der Waals surface area contributed by atoms with Crippen molar-refractivity contribution in [1.82, 2.24) is 10.2 Å². The van der Waals surface area contributed by atoms with Crippen molar-refractivity contribution in [3.8, 4) is 0 Å². The molecule has 17 heavy (non-hydrogen) atoms. The van der Waals surface area contributed by atoms with E-state index in [2.05, 4.69) is 17.1 Å². The number of nitrogens with one attached hydrogen (secondary N) is 1. The Hall–Kier alpha value is -0.120. The monoisotopic (exact) mass is 240 g/mol. The van der Waals surface area contributed by atoms with E-state index in [-0.39, 0.29) is 0 Å². The van der Waals surface area contributed by atoms with Crippen LogP contribution in [0.25, 0.3) is 0 Å². The highest BCUT2D eigenvalue weighted by Crippen LogP contribution is 2.17. The second kappa shape index (κ2) is 7.34. The van der Waals surface area contributed by atoms with E-state index < -0.39 is 0 Å². The third kappa shape index (κ3) is 4.57. The number of likely N-dealkylation sites (N-methyl/N-ethyl adjacent to an activating group) is 1. The summed E-state index contributed by atoms with van der Waals surface area (Å²) >= 11 is 0. The van der Waals surface area contributed by atoms with Crippen molar-refractivity contribution in [1.29, 1.82) is 0 Å². The highest BCUT2D eigenvalue weighted by molar-refractivity contribution is 4.73. The Bertz CT molecular complexity index is 198. The predicted molar refractivity (Wildman–Crippen MR) is 71.3 cm³/mol. The minimum Gasteiger partial charge on any atom is -0.377 e. The van der Waals surface area contributed by atoms with Crippen LogP contribution in [0, 0.1) is 5.92 Å². The lowest BCUT2D eigenvalue weighted by molar-refractivity contribution is 0.0724. The first-order valence-electron chi connectivity index (χ1n) is 7.43. The van der Waals surface area contributed by atoms with Crippen LogP contribution in [0.3, 0.4) is 0 Å². The molecule has 3 nitrogen and oxygen atoms in total. The van der Waals surface area contributed by atoms with E-state index in [9.17, 15) is 0 Å². The zero-order valence-electron chi connectivity index (χ0n) is 11.3. The summed E-state index contributed by atoms with van der Waals surface area (Å²) in [6.45, 7) is 9.28. The largest absolute Gasteiger partial charge is 0.377 e. The SMILES string of the molecule is CCN(CCC1CCCNC1)CC1CCCO1. The van der Waals surface area contributed by atoms with Gasteiger partial charge in [0.05, 0.1) is 6.10 Å². The summed E-state index contributed by atoms with van der Waals surface area (Å²) in [6, 6.07) is 0. The molecule has 2 atom stereocenters. The van der Waals surface area contributed by atoms with E-state index in [4.69, 9.17) is 4.74 Å². The number of hydrogen-bond acceptors (Lipinski definition) is 3. The zero-order chi connectivity index (χ0) is 11.9. The molecule has 1 N–H and O–H groups in total. The van der Waals surface area contributed by atoms with Gasteiger partial charge in [-0.05, 0) is 64.2 Å². The minimum atomic E-state index is 0.513. The lowest BCUT2D eigenvalue weighted by atomic mass is 9.96. The van der Waals surface area contributed by atoms with Crippen molar-refractivity contribution < 1.29 is 4.74 Å². The van der Waals surface area contributed by atoms with Gasteiger partial charge in [-0.1, -0.05) is 6.92 Å². The van der Waals surface area contributed by atoms with Crippen molar-refractivity contribution in [2.75, 3.05) is 39.3 Å². The molecular formula is C14H28N2O. The van der Waals surface area contributed by atoms with Crippen molar-refractivity contribution in [3.05, 3.63) is 0 Å². The van der Waals surface area contributed by atoms with Gasteiger partial charge in [0.2, 0.25) is 0 Å². The van der Waals surface area contributed by atoms with Crippen LogP contribution in [-0.4, -0.2) is 50.3 Å². The second-order valence-electron chi connectivity index (χ2n) is 5.53. The molecule has 2 fully saturated rings. The predicted octanol–water partition coefficient (Wildman–Crippen LogP) is 1.88. The highest BCUT2D eigenvalue weighted by atomic mass is 16.5. The molecule has 0 bridgehead atoms. The van der Waals surface area contributed by atoms with E-state index in [1.165, 1.54) is 58.3 Å². The molecule has 0 amide bonds. The number of piperidine rings is 1. The molecular weight excluding hydrogens is 212 g/mol. The Morgan fingerprint density at radius 3 is 2.88 bits per heavy atom. The van der Waals surface area contributed by atoms with Crippen molar-refractivity contribution >= 4 is 0 Å². The van der Waals surface area contributed by atoms with E-state index in [1.54, 1.807) is 0 Å². The topological polar surface area (TPSA) is 24.5 Å². The van der Waals surface area contributed by atoms with Crippen LogP contribution < -0.4 is 5.32 Å². The molecule has 0 aromatic rings. The van der Waals surface area contributed by atoms with Gasteiger partial charge in [-0.15, -0.1) is 0 Å². The van der Waals surface area contributed by atoms with Crippen LogP contribution >= 0.6 is 0 Å². The van der Waals surface area contributed by atoms with Gasteiger partial charge < -0.3 is 15.0 Å². The minimum absolute atomic E-state index is 0.513. The fourth-order valence-electron chi connectivity index (χ4n) is 2.99. The molecule has 0 aromatic carbocycles. The number of ether oxygens (including phenoxy) is 1. The summed E-state index contributed by atoms with van der Waals surface area (Å²) in [5.41, 5.74) is 0. The summed E-state index contributed by atoms with van der Waals surface area (Å²) in [5.74, 6) is 0.905. The van der Waals surface area contributed by atoms with Crippen molar-refractivity contribution in [2.45, 2.75) is 45.1 Å². The highest BCUT2D eigenvalue weighted by Gasteiger charge is 2.19. The molecule has 3 heteroatoms. The smallest absolute Gasteiger partial charge is 0.0702 e. The van der Waals surface area contributed by atoms with E-state index >= 15 is 0 Å². The van der Waals surface area contributed by atoms with Crippen LogP contribution in [0.1, 0.15) is 39.0 Å². The van der Waals surface area contributed by atoms with Crippen molar-refractivity contribution in [3.63, 3.8) is 0 Å². The normalized spacial score (nSPS) is 30.0. The third-order valence-corrected chi connectivity index (χ3v) is 4.19. The summed E-state index contributed by atoms with van der Waals surface area (Å²) in [5, 5.41) is 3.51. The van der Waals surface area contributed by atoms with Gasteiger partial charge >= 0.3 is 0 Å². The van der Waals surface area contributed by atoms with Gasteiger partial charge in [-0.2, -0.15) is 0 Å². The first kappa shape index (κ1) is 13.3. The molecule has 2 aliphatic heterocycles. The molecule has 0 spiro atoms. The maximum atomic E-state index is 5.72. The Morgan fingerprint density at radius 2 is 2.24 bits per heavy atom. The van der Waals surface area contributed by atoms with Crippen LogP contribution in [0.5, 0.6) is 0 Å². The Morgan fingerprint density at radius 1 is 1.29 bits per heavy atom. The molecule has 0 saturated carbocycles. The fraction of sp³-hybridized carbons (Fsp3) is 1.00. The fourth-order valence-corrected chi connectivity index (χ4v) is 2.99. The molecule has 2 rings (SSSR count). The number of nitrogens with zero attached hydrogens (tertiary/aromatic N) is 1. The van der Waals surface area contributed by atoms with Gasteiger partial charge in [0.1, 0.15) is 0 Å². The maximum Gasteiger partial charge on any atom is 0.0702 e. The van der Waals surface area contributed by atoms with Gasteiger partial charge in [0, 0.05) is 13.2 Å². The molecule has 2 saturated heterocycles. The number of rotatable bonds is 6. The Kier molecular flexibility index (Phi) is 5.75. The standard InChI is InChI=1S/C14H28N2O/c1-2-16(12-14-6-4-10-17-14)9-7-13-5-3-8-15-11-13/h13-15H,2-12H2,1H3. The second-order valence-corrected chi connectivity index (χ2v) is 5.53. The van der Waals surface area contributed by atoms with Gasteiger partial charge in [-0.25, -0.2) is 0 Å². The van der Waals surface area contributed by atoms with Crippen LogP contribution in [0.2, 0.25) is 0 Å². The summed E-state index contributed by atoms with van der Waals surface area (Å²) in [4.78, 5) is 2.57. The quantitative estimate of drug-likeness (QED) is 0.767. The molecule has 0 aliphatic carbocycles. The maximum absolute atomic E-state index is 5.72. The van der Waals surface area contributed by atoms with Gasteiger partial charge in [0.25, 0.3) is 0 Å². The van der Waals surface area contributed by atoms with Crippen LogP contribution in [0.4, 0.5) is 0 Å². The summed E-state index contributed by atoms with van der Waals surface area (Å²) in [6.07, 6.45) is 7.18. The Labute approximate surface area is 106 Å². The molecule has 100 valence electrons. The first-order chi connectivity index (χ1) is 8.38. The Balaban J connectivity index is 1.63. The first-order valence-corrected chi connectivity index (χ1v) is 7.43. The lowest BCUT2D eigenvalue weighted by Crippen LogP contribution is -2.36. The molecule has 2 unspecified atom stereocenters. The van der Waals surface area contributed by atoms with Gasteiger partial charge in [-0.3, -0.25) is 0 Å². The number of hydrogen-bond donors (Lipinski definition) is 1. The molecule has 0 radical (unpaired) electrons. The van der Waals surface area contributed by atoms with Crippen LogP contribution in [-0.2, 0) is 4.74 Å². The van der Waals surface area contributed by atoms with E-state index in [0.717, 1.165) is 19.1 Å². The average Bonchev–Trinajstić information content (AvgIpc) is 2.88. The van der Waals surface area contributed by atoms with Crippen LogP contribution in [0.15, 0.2) is 0 Å². The third-order valence-electron chi connectivity index (χ3n) is 4.19. The lowest BCUT2D eigenvalue weighted by Gasteiger charge is -2.28. The molecule has 2 aliphatic rings. The zero-order valence-corrected chi connectivity index (χ0v) is 11.3. The average molecular weight is 240 g/mol.